The summed E-state index contributed by atoms with van der Waals surface area (Å²) in [5, 5.41) is 3.71. The standard InChI is InChI=1S/C15H31NS/c1-4-15(5-2,17-3)13-16-12-11-14-9-7-6-8-10-14/h14,16H,4-13H2,1-3H3. The Morgan fingerprint density at radius 1 is 1.12 bits per heavy atom. The first-order valence-electron chi connectivity index (χ1n) is 7.52. The molecule has 0 radical (unpaired) electrons. The van der Waals surface area contributed by atoms with E-state index in [1.54, 1.807) is 0 Å². The van der Waals surface area contributed by atoms with Crippen molar-refractivity contribution in [1.82, 2.24) is 5.32 Å². The van der Waals surface area contributed by atoms with E-state index in [4.69, 9.17) is 0 Å². The lowest BCUT2D eigenvalue weighted by atomic mass is 9.87. The molecule has 0 atom stereocenters. The van der Waals surface area contributed by atoms with E-state index in [1.165, 1.54) is 64.5 Å². The van der Waals surface area contributed by atoms with E-state index in [9.17, 15) is 0 Å². The maximum Gasteiger partial charge on any atom is 0.0276 e. The minimum Gasteiger partial charge on any atom is -0.315 e. The van der Waals surface area contributed by atoms with Gasteiger partial charge in [-0.1, -0.05) is 46.0 Å². The van der Waals surface area contributed by atoms with E-state index in [1.807, 2.05) is 11.8 Å². The smallest absolute Gasteiger partial charge is 0.0276 e. The van der Waals surface area contributed by atoms with Crippen LogP contribution in [0.4, 0.5) is 0 Å². The normalized spacial score (nSPS) is 18.5. The molecule has 0 bridgehead atoms. The molecular formula is C15H31NS. The molecule has 1 saturated carbocycles. The number of hydrogen-bond donors (Lipinski definition) is 1. The first kappa shape index (κ1) is 15.4. The molecule has 102 valence electrons. The average Bonchev–Trinajstić information content (AvgIpc) is 2.41. The molecule has 0 aromatic carbocycles. The predicted octanol–water partition coefficient (Wildman–Crippen LogP) is 4.47. The molecule has 1 rings (SSSR count). The summed E-state index contributed by atoms with van der Waals surface area (Å²) in [4.78, 5) is 0. The van der Waals surface area contributed by atoms with Crippen molar-refractivity contribution in [1.29, 1.82) is 0 Å². The monoisotopic (exact) mass is 257 g/mol. The van der Waals surface area contributed by atoms with Crippen molar-refractivity contribution in [3.63, 3.8) is 0 Å². The van der Waals surface area contributed by atoms with Crippen molar-refractivity contribution in [2.24, 2.45) is 5.92 Å². The van der Waals surface area contributed by atoms with E-state index in [2.05, 4.69) is 25.4 Å². The molecule has 1 fully saturated rings. The second-order valence-electron chi connectivity index (χ2n) is 5.56. The van der Waals surface area contributed by atoms with E-state index in [0.29, 0.717) is 4.75 Å². The van der Waals surface area contributed by atoms with Gasteiger partial charge in [0.1, 0.15) is 0 Å². The van der Waals surface area contributed by atoms with Gasteiger partial charge in [-0.05, 0) is 38.0 Å². The van der Waals surface area contributed by atoms with Gasteiger partial charge in [-0.2, -0.15) is 11.8 Å². The highest BCUT2D eigenvalue weighted by molar-refractivity contribution is 8.00. The molecule has 1 nitrogen and oxygen atoms in total. The lowest BCUT2D eigenvalue weighted by molar-refractivity contribution is 0.331. The fourth-order valence-corrected chi connectivity index (χ4v) is 3.78. The SMILES string of the molecule is CCC(CC)(CNCCC1CCCCC1)SC. The van der Waals surface area contributed by atoms with Crippen molar-refractivity contribution in [3.8, 4) is 0 Å². The van der Waals surface area contributed by atoms with Crippen molar-refractivity contribution >= 4 is 11.8 Å². The van der Waals surface area contributed by atoms with Crippen molar-refractivity contribution in [2.75, 3.05) is 19.3 Å². The van der Waals surface area contributed by atoms with Crippen molar-refractivity contribution in [3.05, 3.63) is 0 Å². The zero-order chi connectivity index (χ0) is 12.6. The molecule has 0 saturated heterocycles. The molecule has 0 unspecified atom stereocenters. The zero-order valence-corrected chi connectivity index (χ0v) is 12.9. The molecule has 0 aromatic heterocycles. The molecule has 0 amide bonds. The van der Waals surface area contributed by atoms with Crippen LogP contribution in [0.2, 0.25) is 0 Å². The number of rotatable bonds is 8. The Morgan fingerprint density at radius 3 is 2.29 bits per heavy atom. The first-order chi connectivity index (χ1) is 8.26. The fraction of sp³-hybridized carbons (Fsp3) is 1.00. The minimum absolute atomic E-state index is 0.479. The summed E-state index contributed by atoms with van der Waals surface area (Å²) in [6.45, 7) is 7.06. The van der Waals surface area contributed by atoms with Crippen LogP contribution >= 0.6 is 11.8 Å². The summed E-state index contributed by atoms with van der Waals surface area (Å²) in [7, 11) is 0. The van der Waals surface area contributed by atoms with Crippen molar-refractivity contribution < 1.29 is 0 Å². The molecular weight excluding hydrogens is 226 g/mol. The third-order valence-corrected chi connectivity index (χ3v) is 6.21. The summed E-state index contributed by atoms with van der Waals surface area (Å²) in [5.74, 6) is 1.02. The van der Waals surface area contributed by atoms with Gasteiger partial charge in [-0.3, -0.25) is 0 Å². The van der Waals surface area contributed by atoms with Crippen LogP contribution in [0.25, 0.3) is 0 Å². The molecule has 1 aliphatic rings. The molecule has 0 aliphatic heterocycles. The van der Waals surface area contributed by atoms with Crippen LogP contribution in [-0.2, 0) is 0 Å². The van der Waals surface area contributed by atoms with Gasteiger partial charge < -0.3 is 5.32 Å². The van der Waals surface area contributed by atoms with Crippen LogP contribution in [0.15, 0.2) is 0 Å². The highest BCUT2D eigenvalue weighted by Gasteiger charge is 2.24. The maximum absolute atomic E-state index is 3.71. The Labute approximate surface area is 113 Å². The molecule has 1 N–H and O–H groups in total. The van der Waals surface area contributed by atoms with Gasteiger partial charge in [0, 0.05) is 11.3 Å². The van der Waals surface area contributed by atoms with Gasteiger partial charge >= 0.3 is 0 Å². The predicted molar refractivity (Wildman–Crippen MR) is 80.9 cm³/mol. The quantitative estimate of drug-likeness (QED) is 0.644. The van der Waals surface area contributed by atoms with E-state index >= 15 is 0 Å². The van der Waals surface area contributed by atoms with Crippen LogP contribution in [0.5, 0.6) is 0 Å². The second-order valence-corrected chi connectivity index (χ2v) is 6.84. The van der Waals surface area contributed by atoms with Crippen LogP contribution < -0.4 is 5.32 Å². The molecule has 0 heterocycles. The third kappa shape index (κ3) is 5.21. The zero-order valence-electron chi connectivity index (χ0n) is 12.1. The van der Waals surface area contributed by atoms with Gasteiger partial charge in [0.05, 0.1) is 0 Å². The van der Waals surface area contributed by atoms with Gasteiger partial charge in [0.25, 0.3) is 0 Å². The fourth-order valence-electron chi connectivity index (χ4n) is 2.96. The summed E-state index contributed by atoms with van der Waals surface area (Å²) in [6, 6.07) is 0. The number of thioether (sulfide) groups is 1. The topological polar surface area (TPSA) is 12.0 Å². The van der Waals surface area contributed by atoms with Crippen LogP contribution in [-0.4, -0.2) is 24.1 Å². The number of hydrogen-bond acceptors (Lipinski definition) is 2. The maximum atomic E-state index is 3.71. The Balaban J connectivity index is 2.13. The van der Waals surface area contributed by atoms with E-state index < -0.39 is 0 Å². The molecule has 0 spiro atoms. The van der Waals surface area contributed by atoms with Crippen molar-refractivity contribution in [2.45, 2.75) is 70.0 Å². The van der Waals surface area contributed by atoms with Gasteiger partial charge in [0.2, 0.25) is 0 Å². The van der Waals surface area contributed by atoms with Gasteiger partial charge in [-0.25, -0.2) is 0 Å². The first-order valence-corrected chi connectivity index (χ1v) is 8.74. The Kier molecular flexibility index (Phi) is 7.61. The van der Waals surface area contributed by atoms with Gasteiger partial charge in [0.15, 0.2) is 0 Å². The lowest BCUT2D eigenvalue weighted by Crippen LogP contribution is -2.37. The minimum atomic E-state index is 0.479. The summed E-state index contributed by atoms with van der Waals surface area (Å²) < 4.78 is 0.479. The Morgan fingerprint density at radius 2 is 1.76 bits per heavy atom. The van der Waals surface area contributed by atoms with E-state index in [0.717, 1.165) is 5.92 Å². The summed E-state index contributed by atoms with van der Waals surface area (Å²) in [5.41, 5.74) is 0. The van der Waals surface area contributed by atoms with E-state index in [-0.39, 0.29) is 0 Å². The summed E-state index contributed by atoms with van der Waals surface area (Å²) in [6.07, 6.45) is 13.6. The number of nitrogens with one attached hydrogen (secondary N) is 1. The molecule has 17 heavy (non-hydrogen) atoms. The molecule has 2 heteroatoms. The van der Waals surface area contributed by atoms with Gasteiger partial charge in [-0.15, -0.1) is 0 Å². The van der Waals surface area contributed by atoms with Crippen LogP contribution in [0.3, 0.4) is 0 Å². The Bertz CT molecular complexity index is 175. The largest absolute Gasteiger partial charge is 0.315 e. The third-order valence-electron chi connectivity index (χ3n) is 4.62. The average molecular weight is 257 g/mol. The van der Waals surface area contributed by atoms with Crippen LogP contribution in [0.1, 0.15) is 65.2 Å². The lowest BCUT2D eigenvalue weighted by Gasteiger charge is -2.30. The summed E-state index contributed by atoms with van der Waals surface area (Å²) >= 11 is 2.04. The van der Waals surface area contributed by atoms with Crippen LogP contribution in [0, 0.1) is 5.92 Å². The molecule has 0 aromatic rings. The second kappa shape index (κ2) is 8.42. The Hall–Kier alpha value is 0.310. The molecule has 1 aliphatic carbocycles. The highest BCUT2D eigenvalue weighted by Crippen LogP contribution is 2.30. The highest BCUT2D eigenvalue weighted by atomic mass is 32.2.